The van der Waals surface area contributed by atoms with Crippen LogP contribution in [0.25, 0.3) is 0 Å². The molecule has 2 nitrogen and oxygen atoms in total. The van der Waals surface area contributed by atoms with E-state index in [-0.39, 0.29) is 6.04 Å². The number of halogens is 1. The second-order valence-corrected chi connectivity index (χ2v) is 3.85. The molecule has 0 saturated carbocycles. The minimum atomic E-state index is -0.194. The van der Waals surface area contributed by atoms with Crippen LogP contribution in [0.1, 0.15) is 23.6 Å². The van der Waals surface area contributed by atoms with Gasteiger partial charge < -0.3 is 5.73 Å². The lowest BCUT2D eigenvalue weighted by Crippen LogP contribution is -2.09. The van der Waals surface area contributed by atoms with Crippen LogP contribution in [0.3, 0.4) is 0 Å². The quantitative estimate of drug-likeness (QED) is 0.862. The molecule has 0 unspecified atom stereocenters. The number of nitriles is 1. The van der Waals surface area contributed by atoms with Gasteiger partial charge in [-0.15, -0.1) is 0 Å². The van der Waals surface area contributed by atoms with Crippen LogP contribution in [0, 0.1) is 18.3 Å². The van der Waals surface area contributed by atoms with Gasteiger partial charge in [-0.1, -0.05) is 28.1 Å². The van der Waals surface area contributed by atoms with E-state index in [1.807, 2.05) is 25.1 Å². The summed E-state index contributed by atoms with van der Waals surface area (Å²) >= 11 is 3.43. The van der Waals surface area contributed by atoms with E-state index in [9.17, 15) is 0 Å². The molecule has 0 aliphatic rings. The molecule has 0 fully saturated rings. The average Bonchev–Trinajstić information content (AvgIpc) is 2.04. The van der Waals surface area contributed by atoms with Gasteiger partial charge in [-0.05, 0) is 24.1 Å². The Balaban J connectivity index is 2.96. The van der Waals surface area contributed by atoms with Crippen LogP contribution in [-0.4, -0.2) is 0 Å². The van der Waals surface area contributed by atoms with Gasteiger partial charge in [0.15, 0.2) is 0 Å². The van der Waals surface area contributed by atoms with Gasteiger partial charge in [-0.3, -0.25) is 0 Å². The Bertz CT molecular complexity index is 341. The molecule has 1 aromatic carbocycles. The van der Waals surface area contributed by atoms with Crippen LogP contribution in [0.15, 0.2) is 22.7 Å². The van der Waals surface area contributed by atoms with Crippen molar-refractivity contribution in [2.24, 2.45) is 5.73 Å². The molecule has 1 rings (SSSR count). The van der Waals surface area contributed by atoms with Crippen LogP contribution in [0.4, 0.5) is 0 Å². The fourth-order valence-electron chi connectivity index (χ4n) is 1.14. The second-order valence-electron chi connectivity index (χ2n) is 2.99. The molecule has 2 N–H and O–H groups in total. The molecule has 13 heavy (non-hydrogen) atoms. The maximum absolute atomic E-state index is 8.50. The van der Waals surface area contributed by atoms with E-state index in [4.69, 9.17) is 11.0 Å². The van der Waals surface area contributed by atoms with Gasteiger partial charge in [0, 0.05) is 10.5 Å². The average molecular weight is 239 g/mol. The summed E-state index contributed by atoms with van der Waals surface area (Å²) in [6.07, 6.45) is 0.349. The van der Waals surface area contributed by atoms with Crippen molar-refractivity contribution in [2.75, 3.05) is 0 Å². The molecular formula is C10H11BrN2. The first-order chi connectivity index (χ1) is 6.15. The highest BCUT2D eigenvalue weighted by atomic mass is 79.9. The van der Waals surface area contributed by atoms with Crippen LogP contribution in [0.5, 0.6) is 0 Å². The van der Waals surface area contributed by atoms with E-state index >= 15 is 0 Å². The van der Waals surface area contributed by atoms with E-state index in [1.54, 1.807) is 0 Å². The van der Waals surface area contributed by atoms with Gasteiger partial charge in [-0.25, -0.2) is 0 Å². The SMILES string of the molecule is Cc1ccc([C@@H](N)CC#N)c(Br)c1. The summed E-state index contributed by atoms with van der Waals surface area (Å²) in [5, 5.41) is 8.50. The molecule has 0 heterocycles. The lowest BCUT2D eigenvalue weighted by Gasteiger charge is -2.10. The number of hydrogen-bond acceptors (Lipinski definition) is 2. The third kappa shape index (κ3) is 2.55. The Morgan fingerprint density at radius 3 is 2.85 bits per heavy atom. The number of aryl methyl sites for hydroxylation is 1. The monoisotopic (exact) mass is 238 g/mol. The summed E-state index contributed by atoms with van der Waals surface area (Å²) in [5.41, 5.74) is 7.98. The molecule has 1 atom stereocenters. The molecular weight excluding hydrogens is 228 g/mol. The topological polar surface area (TPSA) is 49.8 Å². The number of benzene rings is 1. The first kappa shape index (κ1) is 10.2. The third-order valence-corrected chi connectivity index (χ3v) is 2.55. The lowest BCUT2D eigenvalue weighted by atomic mass is 10.0. The Labute approximate surface area is 86.5 Å². The summed E-state index contributed by atoms with van der Waals surface area (Å²) in [6, 6.07) is 7.83. The van der Waals surface area contributed by atoms with E-state index in [1.165, 1.54) is 5.56 Å². The maximum atomic E-state index is 8.50. The summed E-state index contributed by atoms with van der Waals surface area (Å²) in [6.45, 7) is 2.02. The van der Waals surface area contributed by atoms with E-state index in [0.717, 1.165) is 10.0 Å². The number of nitrogens with two attached hydrogens (primary N) is 1. The van der Waals surface area contributed by atoms with Crippen molar-refractivity contribution < 1.29 is 0 Å². The van der Waals surface area contributed by atoms with Crippen LogP contribution in [-0.2, 0) is 0 Å². The van der Waals surface area contributed by atoms with Gasteiger partial charge in [-0.2, -0.15) is 5.26 Å². The molecule has 0 bridgehead atoms. The fraction of sp³-hybridized carbons (Fsp3) is 0.300. The third-order valence-electron chi connectivity index (χ3n) is 1.87. The molecule has 68 valence electrons. The predicted molar refractivity (Wildman–Crippen MR) is 56.0 cm³/mol. The van der Waals surface area contributed by atoms with Crippen molar-refractivity contribution in [3.05, 3.63) is 33.8 Å². The lowest BCUT2D eigenvalue weighted by molar-refractivity contribution is 0.744. The van der Waals surface area contributed by atoms with Crippen molar-refractivity contribution in [1.82, 2.24) is 0 Å². The molecule has 0 spiro atoms. The highest BCUT2D eigenvalue weighted by molar-refractivity contribution is 9.10. The molecule has 1 aromatic rings. The number of hydrogen-bond donors (Lipinski definition) is 1. The largest absolute Gasteiger partial charge is 0.323 e. The molecule has 0 aliphatic carbocycles. The predicted octanol–water partition coefficient (Wildman–Crippen LogP) is 2.67. The Morgan fingerprint density at radius 2 is 2.31 bits per heavy atom. The van der Waals surface area contributed by atoms with Crippen molar-refractivity contribution >= 4 is 15.9 Å². The van der Waals surface area contributed by atoms with Crippen molar-refractivity contribution in [1.29, 1.82) is 5.26 Å². The van der Waals surface area contributed by atoms with Crippen molar-refractivity contribution in [2.45, 2.75) is 19.4 Å². The highest BCUT2D eigenvalue weighted by Crippen LogP contribution is 2.24. The highest BCUT2D eigenvalue weighted by Gasteiger charge is 2.08. The molecule has 0 saturated heterocycles. The first-order valence-corrected chi connectivity index (χ1v) is 4.83. The number of nitrogens with zero attached hydrogens (tertiary/aromatic N) is 1. The minimum Gasteiger partial charge on any atom is -0.323 e. The van der Waals surface area contributed by atoms with E-state index in [0.29, 0.717) is 6.42 Å². The molecule has 0 radical (unpaired) electrons. The van der Waals surface area contributed by atoms with Gasteiger partial charge in [0.25, 0.3) is 0 Å². The molecule has 0 aromatic heterocycles. The minimum absolute atomic E-state index is 0.194. The van der Waals surface area contributed by atoms with Gasteiger partial charge in [0.05, 0.1) is 12.5 Å². The first-order valence-electron chi connectivity index (χ1n) is 4.03. The summed E-state index contributed by atoms with van der Waals surface area (Å²) in [4.78, 5) is 0. The van der Waals surface area contributed by atoms with Crippen molar-refractivity contribution in [3.63, 3.8) is 0 Å². The smallest absolute Gasteiger partial charge is 0.0641 e. The van der Waals surface area contributed by atoms with E-state index < -0.39 is 0 Å². The standard InChI is InChI=1S/C10H11BrN2/c1-7-2-3-8(9(11)6-7)10(13)4-5-12/h2-3,6,10H,4,13H2,1H3/t10-/m0/s1. The Kier molecular flexibility index (Phi) is 3.47. The van der Waals surface area contributed by atoms with Crippen LogP contribution in [0.2, 0.25) is 0 Å². The number of rotatable bonds is 2. The summed E-state index contributed by atoms with van der Waals surface area (Å²) in [7, 11) is 0. The van der Waals surface area contributed by atoms with Gasteiger partial charge in [0.2, 0.25) is 0 Å². The summed E-state index contributed by atoms with van der Waals surface area (Å²) in [5.74, 6) is 0. The zero-order valence-electron chi connectivity index (χ0n) is 7.42. The maximum Gasteiger partial charge on any atom is 0.0641 e. The fourth-order valence-corrected chi connectivity index (χ4v) is 1.93. The molecule has 0 amide bonds. The zero-order chi connectivity index (χ0) is 9.84. The summed E-state index contributed by atoms with van der Waals surface area (Å²) < 4.78 is 0.982. The molecule has 3 heteroatoms. The Morgan fingerprint density at radius 1 is 1.62 bits per heavy atom. The molecule has 0 aliphatic heterocycles. The normalized spacial score (nSPS) is 12.2. The Hall–Kier alpha value is -0.850. The van der Waals surface area contributed by atoms with Crippen LogP contribution < -0.4 is 5.73 Å². The van der Waals surface area contributed by atoms with Gasteiger partial charge in [0.1, 0.15) is 0 Å². The zero-order valence-corrected chi connectivity index (χ0v) is 9.01. The van der Waals surface area contributed by atoms with Crippen LogP contribution >= 0.6 is 15.9 Å². The van der Waals surface area contributed by atoms with Gasteiger partial charge >= 0.3 is 0 Å². The van der Waals surface area contributed by atoms with Crippen molar-refractivity contribution in [3.8, 4) is 6.07 Å². The van der Waals surface area contributed by atoms with E-state index in [2.05, 4.69) is 22.0 Å². The second kappa shape index (κ2) is 4.40.